The summed E-state index contributed by atoms with van der Waals surface area (Å²) in [5.74, 6) is -0.172. The largest absolute Gasteiger partial charge is 0.354 e. The number of nitrogens with zero attached hydrogens (tertiary/aromatic N) is 1. The first-order valence-electron chi connectivity index (χ1n) is 12.0. The maximum Gasteiger partial charge on any atom is 0.243 e. The van der Waals surface area contributed by atoms with Gasteiger partial charge in [0.15, 0.2) is 0 Å². The number of carbonyl (C=O) groups excluding carboxylic acids is 2. The van der Waals surface area contributed by atoms with Crippen LogP contribution in [0.1, 0.15) is 42.9 Å². The van der Waals surface area contributed by atoms with Crippen molar-refractivity contribution in [2.45, 2.75) is 51.6 Å². The van der Waals surface area contributed by atoms with E-state index in [2.05, 4.69) is 12.2 Å². The fourth-order valence-corrected chi connectivity index (χ4v) is 4.16. The summed E-state index contributed by atoms with van der Waals surface area (Å²) in [6.45, 7) is 3.07. The number of halogens is 1. The molecular weight excluding hydrogens is 444 g/mol. The fourth-order valence-electron chi connectivity index (χ4n) is 3.93. The zero-order valence-electron chi connectivity index (χ0n) is 19.8. The van der Waals surface area contributed by atoms with Gasteiger partial charge in [-0.25, -0.2) is 0 Å². The second-order valence-electron chi connectivity index (χ2n) is 8.45. The van der Waals surface area contributed by atoms with Gasteiger partial charge in [0, 0.05) is 31.0 Å². The van der Waals surface area contributed by atoms with Gasteiger partial charge in [0.25, 0.3) is 0 Å². The normalized spacial score (nSPS) is 11.6. The minimum absolute atomic E-state index is 0.0599. The molecule has 3 aromatic rings. The quantitative estimate of drug-likeness (QED) is 0.334. The van der Waals surface area contributed by atoms with Crippen LogP contribution in [0.15, 0.2) is 84.9 Å². The first-order valence-corrected chi connectivity index (χ1v) is 12.3. The Labute approximate surface area is 207 Å². The molecule has 2 amide bonds. The molecule has 0 aliphatic rings. The highest BCUT2D eigenvalue weighted by Crippen LogP contribution is 2.20. The number of unbranched alkanes of at least 4 members (excludes halogenated alkanes) is 1. The Morgan fingerprint density at radius 3 is 2.15 bits per heavy atom. The van der Waals surface area contributed by atoms with Gasteiger partial charge in [-0.05, 0) is 35.6 Å². The minimum atomic E-state index is -0.599. The number of nitrogens with one attached hydrogen (secondary N) is 1. The predicted octanol–water partition coefficient (Wildman–Crippen LogP) is 5.83. The van der Waals surface area contributed by atoms with E-state index in [1.807, 2.05) is 84.9 Å². The van der Waals surface area contributed by atoms with Crippen LogP contribution in [0.3, 0.4) is 0 Å². The van der Waals surface area contributed by atoms with E-state index in [4.69, 9.17) is 11.6 Å². The van der Waals surface area contributed by atoms with Crippen LogP contribution >= 0.6 is 11.6 Å². The Bertz CT molecular complexity index is 1040. The van der Waals surface area contributed by atoms with Crippen LogP contribution in [0.4, 0.5) is 0 Å². The van der Waals surface area contributed by atoms with Crippen LogP contribution in [-0.2, 0) is 29.0 Å². The summed E-state index contributed by atoms with van der Waals surface area (Å²) >= 11 is 6.32. The fraction of sp³-hybridized carbons (Fsp3) is 0.310. The van der Waals surface area contributed by atoms with Crippen LogP contribution in [-0.4, -0.2) is 29.3 Å². The zero-order chi connectivity index (χ0) is 24.2. The second-order valence-corrected chi connectivity index (χ2v) is 8.86. The smallest absolute Gasteiger partial charge is 0.243 e. The highest BCUT2D eigenvalue weighted by Gasteiger charge is 2.30. The van der Waals surface area contributed by atoms with Crippen LogP contribution in [0, 0.1) is 0 Å². The van der Waals surface area contributed by atoms with Crippen LogP contribution in [0.5, 0.6) is 0 Å². The number of hydrogen-bond donors (Lipinski definition) is 1. The summed E-state index contributed by atoms with van der Waals surface area (Å²) in [6.07, 6.45) is 3.17. The van der Waals surface area contributed by atoms with Gasteiger partial charge in [-0.2, -0.15) is 0 Å². The molecule has 0 saturated heterocycles. The number of amides is 2. The van der Waals surface area contributed by atoms with Crippen molar-refractivity contribution in [3.05, 3.63) is 107 Å². The van der Waals surface area contributed by atoms with Crippen molar-refractivity contribution in [1.82, 2.24) is 10.2 Å². The summed E-state index contributed by atoms with van der Waals surface area (Å²) in [5.41, 5.74) is 2.95. The predicted molar refractivity (Wildman–Crippen MR) is 139 cm³/mol. The van der Waals surface area contributed by atoms with Gasteiger partial charge in [-0.3, -0.25) is 9.59 Å². The molecule has 1 N–H and O–H groups in total. The molecule has 178 valence electrons. The van der Waals surface area contributed by atoms with E-state index < -0.39 is 6.04 Å². The Morgan fingerprint density at radius 1 is 0.882 bits per heavy atom. The number of hydrogen-bond acceptors (Lipinski definition) is 2. The lowest BCUT2D eigenvalue weighted by Crippen LogP contribution is -2.50. The molecule has 34 heavy (non-hydrogen) atoms. The molecule has 3 aromatic carbocycles. The van der Waals surface area contributed by atoms with Gasteiger partial charge in [0.05, 0.1) is 0 Å². The van der Waals surface area contributed by atoms with Gasteiger partial charge in [0.1, 0.15) is 6.04 Å². The first-order chi connectivity index (χ1) is 16.6. The molecule has 4 nitrogen and oxygen atoms in total. The molecule has 0 aromatic heterocycles. The van der Waals surface area contributed by atoms with Crippen LogP contribution in [0.25, 0.3) is 0 Å². The monoisotopic (exact) mass is 476 g/mol. The summed E-state index contributed by atoms with van der Waals surface area (Å²) in [4.78, 5) is 28.7. The molecule has 1 atom stereocenters. The molecule has 5 heteroatoms. The summed E-state index contributed by atoms with van der Waals surface area (Å²) < 4.78 is 0. The van der Waals surface area contributed by atoms with Crippen molar-refractivity contribution < 1.29 is 9.59 Å². The highest BCUT2D eigenvalue weighted by molar-refractivity contribution is 6.31. The molecule has 0 heterocycles. The molecule has 0 aliphatic carbocycles. The third kappa shape index (κ3) is 7.74. The molecule has 0 bridgehead atoms. The molecule has 0 fully saturated rings. The molecule has 0 saturated carbocycles. The van der Waals surface area contributed by atoms with Crippen molar-refractivity contribution >= 4 is 23.4 Å². The van der Waals surface area contributed by atoms with Gasteiger partial charge in [-0.15, -0.1) is 0 Å². The van der Waals surface area contributed by atoms with E-state index in [1.54, 1.807) is 4.90 Å². The Morgan fingerprint density at radius 2 is 1.50 bits per heavy atom. The Hall–Kier alpha value is -3.11. The van der Waals surface area contributed by atoms with E-state index in [-0.39, 0.29) is 18.2 Å². The van der Waals surface area contributed by atoms with Crippen molar-refractivity contribution in [2.75, 3.05) is 6.54 Å². The number of aryl methyl sites for hydroxylation is 1. The van der Waals surface area contributed by atoms with E-state index in [1.165, 1.54) is 0 Å². The van der Waals surface area contributed by atoms with Crippen LogP contribution < -0.4 is 5.32 Å². The van der Waals surface area contributed by atoms with Gasteiger partial charge >= 0.3 is 0 Å². The maximum atomic E-state index is 13.6. The summed E-state index contributed by atoms with van der Waals surface area (Å²) in [5, 5.41) is 3.71. The average Bonchev–Trinajstić information content (AvgIpc) is 2.87. The molecular formula is C29H33ClN2O2. The number of benzene rings is 3. The molecule has 0 radical (unpaired) electrons. The minimum Gasteiger partial charge on any atom is -0.354 e. The Kier molecular flexibility index (Phi) is 10.2. The number of rotatable bonds is 12. The third-order valence-electron chi connectivity index (χ3n) is 5.86. The molecule has 3 rings (SSSR count). The summed E-state index contributed by atoms with van der Waals surface area (Å²) in [7, 11) is 0. The second kappa shape index (κ2) is 13.6. The zero-order valence-corrected chi connectivity index (χ0v) is 20.5. The SMILES string of the molecule is CCCCNC(=O)C(Cc1ccccc1)N(Cc1ccccc1)C(=O)CCc1ccccc1Cl. The summed E-state index contributed by atoms with van der Waals surface area (Å²) in [6, 6.07) is 26.7. The molecule has 0 spiro atoms. The van der Waals surface area contributed by atoms with Crippen molar-refractivity contribution in [3.8, 4) is 0 Å². The van der Waals surface area contributed by atoms with Crippen molar-refractivity contribution in [2.24, 2.45) is 0 Å². The van der Waals surface area contributed by atoms with Gasteiger partial charge in [0.2, 0.25) is 11.8 Å². The topological polar surface area (TPSA) is 49.4 Å². The Balaban J connectivity index is 1.86. The van der Waals surface area contributed by atoms with E-state index in [0.717, 1.165) is 29.5 Å². The highest BCUT2D eigenvalue weighted by atomic mass is 35.5. The van der Waals surface area contributed by atoms with Crippen molar-refractivity contribution in [1.29, 1.82) is 0 Å². The van der Waals surface area contributed by atoms with Crippen LogP contribution in [0.2, 0.25) is 5.02 Å². The van der Waals surface area contributed by atoms with Gasteiger partial charge < -0.3 is 10.2 Å². The number of carbonyl (C=O) groups is 2. The lowest BCUT2D eigenvalue weighted by molar-refractivity contribution is -0.141. The van der Waals surface area contributed by atoms with E-state index in [0.29, 0.717) is 31.0 Å². The molecule has 1 unspecified atom stereocenters. The average molecular weight is 477 g/mol. The van der Waals surface area contributed by atoms with Crippen molar-refractivity contribution in [3.63, 3.8) is 0 Å². The third-order valence-corrected chi connectivity index (χ3v) is 6.23. The maximum absolute atomic E-state index is 13.6. The molecule has 0 aliphatic heterocycles. The lowest BCUT2D eigenvalue weighted by atomic mass is 10.0. The standard InChI is InChI=1S/C29H33ClN2O2/c1-2-3-20-31-29(34)27(21-23-12-6-4-7-13-23)32(22-24-14-8-5-9-15-24)28(33)19-18-25-16-10-11-17-26(25)30/h4-17,27H,2-3,18-22H2,1H3,(H,31,34). The first kappa shape index (κ1) is 25.5. The van der Waals surface area contributed by atoms with E-state index in [9.17, 15) is 9.59 Å². The van der Waals surface area contributed by atoms with E-state index >= 15 is 0 Å². The lowest BCUT2D eigenvalue weighted by Gasteiger charge is -2.31. The van der Waals surface area contributed by atoms with Gasteiger partial charge in [-0.1, -0.05) is 104 Å².